The molecule has 22 heavy (non-hydrogen) atoms. The van der Waals surface area contributed by atoms with Gasteiger partial charge in [0.25, 0.3) is 0 Å². The van der Waals surface area contributed by atoms with Crippen LogP contribution in [0, 0.1) is 0 Å². The third kappa shape index (κ3) is 7.81. The molecule has 0 amide bonds. The van der Waals surface area contributed by atoms with E-state index < -0.39 is 22.0 Å². The molecule has 6 heteroatoms. The zero-order valence-electron chi connectivity index (χ0n) is 14.8. The maximum absolute atomic E-state index is 12.4. The van der Waals surface area contributed by atoms with Crippen LogP contribution < -0.4 is 9.44 Å². The van der Waals surface area contributed by atoms with E-state index in [9.17, 15) is 8.42 Å². The minimum Gasteiger partial charge on any atom is -0.242 e. The highest BCUT2D eigenvalue weighted by atomic mass is 32.2. The number of nitrogens with one attached hydrogen (secondary N) is 2. The Kier molecular flexibility index (Phi) is 8.98. The summed E-state index contributed by atoms with van der Waals surface area (Å²) in [5, 5.41) is 0. The van der Waals surface area contributed by atoms with Crippen molar-refractivity contribution in [2.45, 2.75) is 76.0 Å². The van der Waals surface area contributed by atoms with Crippen LogP contribution in [0.25, 0.3) is 0 Å². The van der Waals surface area contributed by atoms with Crippen LogP contribution in [0.15, 0.2) is 25.3 Å². The van der Waals surface area contributed by atoms with E-state index in [-0.39, 0.29) is 21.6 Å². The molecule has 0 aromatic heterocycles. The van der Waals surface area contributed by atoms with Crippen LogP contribution in [0.5, 0.6) is 0 Å². The molecule has 130 valence electrons. The van der Waals surface area contributed by atoms with Crippen molar-refractivity contribution in [1.82, 2.24) is 9.44 Å². The second-order valence-corrected chi connectivity index (χ2v) is 11.3. The quantitative estimate of drug-likeness (QED) is 0.629. The van der Waals surface area contributed by atoms with E-state index in [1.54, 1.807) is 12.2 Å². The molecular formula is C16H32N2O2S2. The van der Waals surface area contributed by atoms with Gasteiger partial charge in [-0.05, 0) is 54.4 Å². The molecule has 0 fully saturated rings. The largest absolute Gasteiger partial charge is 0.242 e. The van der Waals surface area contributed by atoms with Gasteiger partial charge in [-0.25, -0.2) is 17.9 Å². The van der Waals surface area contributed by atoms with Gasteiger partial charge in [0.1, 0.15) is 0 Å². The first-order chi connectivity index (χ1) is 9.93. The van der Waals surface area contributed by atoms with Gasteiger partial charge in [-0.15, -0.1) is 13.2 Å². The molecule has 4 nitrogen and oxygen atoms in total. The topological polar surface area (TPSA) is 58.2 Å². The minimum atomic E-state index is -1.20. The van der Waals surface area contributed by atoms with Crippen LogP contribution in [-0.2, 0) is 22.0 Å². The molecule has 0 bridgehead atoms. The van der Waals surface area contributed by atoms with Crippen LogP contribution in [0.4, 0.5) is 0 Å². The van der Waals surface area contributed by atoms with Crippen molar-refractivity contribution in [2.24, 2.45) is 0 Å². The summed E-state index contributed by atoms with van der Waals surface area (Å²) in [5.74, 6) is 0. The van der Waals surface area contributed by atoms with Crippen molar-refractivity contribution in [3.8, 4) is 0 Å². The van der Waals surface area contributed by atoms with Crippen LogP contribution in [-0.4, -0.2) is 30.0 Å². The lowest BCUT2D eigenvalue weighted by atomic mass is 10.0. The Labute approximate surface area is 141 Å². The molecule has 4 atom stereocenters. The smallest absolute Gasteiger partial charge is 0.0973 e. The number of hydrogen-bond acceptors (Lipinski definition) is 2. The van der Waals surface area contributed by atoms with E-state index in [1.165, 1.54) is 0 Å². The lowest BCUT2D eigenvalue weighted by Gasteiger charge is -2.31. The Morgan fingerprint density at radius 3 is 1.27 bits per heavy atom. The summed E-state index contributed by atoms with van der Waals surface area (Å²) in [6, 6.07) is -0.247. The zero-order valence-corrected chi connectivity index (χ0v) is 16.4. The summed E-state index contributed by atoms with van der Waals surface area (Å²) >= 11 is 0. The fourth-order valence-electron chi connectivity index (χ4n) is 1.58. The molecule has 0 heterocycles. The van der Waals surface area contributed by atoms with Crippen molar-refractivity contribution < 1.29 is 8.42 Å². The average molecular weight is 349 g/mol. The highest BCUT2D eigenvalue weighted by molar-refractivity contribution is 7.84. The third-order valence-electron chi connectivity index (χ3n) is 2.96. The van der Waals surface area contributed by atoms with Crippen LogP contribution >= 0.6 is 0 Å². The summed E-state index contributed by atoms with van der Waals surface area (Å²) < 4.78 is 30.3. The standard InChI is InChI=1S/C16H32N2O2S2/c1-9-11-13(17-21(19)15(3,4)5)14(12-10-2)18-22(20)16(6,7)8/h9-10,13-14,17-18H,1-2,11-12H2,3-8H3/t13-,14-,21-,22-/m0/s1. The van der Waals surface area contributed by atoms with E-state index in [4.69, 9.17) is 0 Å². The first-order valence-electron chi connectivity index (χ1n) is 7.51. The van der Waals surface area contributed by atoms with Crippen molar-refractivity contribution in [3.63, 3.8) is 0 Å². The van der Waals surface area contributed by atoms with E-state index >= 15 is 0 Å². The molecule has 0 aliphatic carbocycles. The molecule has 0 spiro atoms. The SMILES string of the molecule is C=CC[C@H](N[S@@](=O)C(C)(C)C)[C@H](CC=C)N[S@@](=O)C(C)(C)C. The normalized spacial score (nSPS) is 18.3. The van der Waals surface area contributed by atoms with Gasteiger partial charge in [0.05, 0.1) is 31.5 Å². The summed E-state index contributed by atoms with van der Waals surface area (Å²) in [5.41, 5.74) is 0. The molecule has 0 radical (unpaired) electrons. The second kappa shape index (κ2) is 9.11. The van der Waals surface area contributed by atoms with Crippen molar-refractivity contribution in [1.29, 1.82) is 0 Å². The Hall–Kier alpha value is -0.300. The van der Waals surface area contributed by atoms with Gasteiger partial charge in [-0.3, -0.25) is 0 Å². The lowest BCUT2D eigenvalue weighted by Crippen LogP contribution is -2.53. The Bertz CT molecular complexity index is 383. The Balaban J connectivity index is 5.18. The average Bonchev–Trinajstić information content (AvgIpc) is 2.35. The predicted octanol–water partition coefficient (Wildman–Crippen LogP) is 2.98. The van der Waals surface area contributed by atoms with Gasteiger partial charge in [0.2, 0.25) is 0 Å². The summed E-state index contributed by atoms with van der Waals surface area (Å²) in [6.07, 6.45) is 4.84. The maximum Gasteiger partial charge on any atom is 0.0973 e. The van der Waals surface area contributed by atoms with Gasteiger partial charge in [-0.2, -0.15) is 0 Å². The van der Waals surface area contributed by atoms with E-state index in [1.807, 2.05) is 41.5 Å². The number of hydrogen-bond donors (Lipinski definition) is 2. The third-order valence-corrected chi connectivity index (χ3v) is 6.21. The molecule has 0 rings (SSSR count). The highest BCUT2D eigenvalue weighted by Gasteiger charge is 2.30. The molecule has 0 saturated carbocycles. The highest BCUT2D eigenvalue weighted by Crippen LogP contribution is 2.16. The summed E-state index contributed by atoms with van der Waals surface area (Å²) in [7, 11) is -2.40. The molecule has 0 saturated heterocycles. The summed E-state index contributed by atoms with van der Waals surface area (Å²) in [4.78, 5) is 0. The van der Waals surface area contributed by atoms with Gasteiger partial charge in [-0.1, -0.05) is 12.2 Å². The van der Waals surface area contributed by atoms with E-state index in [0.29, 0.717) is 12.8 Å². The van der Waals surface area contributed by atoms with Crippen LogP contribution in [0.3, 0.4) is 0 Å². The molecule has 0 aromatic carbocycles. The monoisotopic (exact) mass is 348 g/mol. The first kappa shape index (κ1) is 21.7. The molecule has 0 aromatic rings. The lowest BCUT2D eigenvalue weighted by molar-refractivity contribution is 0.461. The Morgan fingerprint density at radius 1 is 0.818 bits per heavy atom. The van der Waals surface area contributed by atoms with Crippen molar-refractivity contribution in [3.05, 3.63) is 25.3 Å². The maximum atomic E-state index is 12.4. The second-order valence-electron chi connectivity index (χ2n) is 7.26. The van der Waals surface area contributed by atoms with Gasteiger partial charge >= 0.3 is 0 Å². The fourth-order valence-corrected chi connectivity index (χ4v) is 3.35. The fraction of sp³-hybridized carbons (Fsp3) is 0.750. The molecule has 0 unspecified atom stereocenters. The molecule has 0 aliphatic rings. The van der Waals surface area contributed by atoms with Gasteiger partial charge < -0.3 is 0 Å². The van der Waals surface area contributed by atoms with Gasteiger partial charge in [0.15, 0.2) is 0 Å². The van der Waals surface area contributed by atoms with Gasteiger partial charge in [0, 0.05) is 12.1 Å². The van der Waals surface area contributed by atoms with Crippen molar-refractivity contribution in [2.75, 3.05) is 0 Å². The molecular weight excluding hydrogens is 316 g/mol. The minimum absolute atomic E-state index is 0.123. The summed E-state index contributed by atoms with van der Waals surface area (Å²) in [6.45, 7) is 19.1. The Morgan fingerprint density at radius 2 is 1.09 bits per heavy atom. The molecule has 0 aliphatic heterocycles. The molecule has 2 N–H and O–H groups in total. The van der Waals surface area contributed by atoms with Crippen LogP contribution in [0.1, 0.15) is 54.4 Å². The van der Waals surface area contributed by atoms with Crippen molar-refractivity contribution >= 4 is 22.0 Å². The zero-order chi connectivity index (χ0) is 17.6. The van der Waals surface area contributed by atoms with Crippen LogP contribution in [0.2, 0.25) is 0 Å². The van der Waals surface area contributed by atoms with E-state index in [2.05, 4.69) is 22.6 Å². The predicted molar refractivity (Wildman–Crippen MR) is 99.3 cm³/mol. The number of rotatable bonds is 9. The van der Waals surface area contributed by atoms with E-state index in [0.717, 1.165) is 0 Å². The first-order valence-corrected chi connectivity index (χ1v) is 9.81.